The second-order valence-electron chi connectivity index (χ2n) is 5.41. The minimum absolute atomic E-state index is 0.243. The average molecular weight is 252 g/mol. The Balaban J connectivity index is 3.16. The third kappa shape index (κ3) is 2.71. The van der Waals surface area contributed by atoms with Gasteiger partial charge >= 0.3 is 5.97 Å². The van der Waals surface area contributed by atoms with E-state index in [-0.39, 0.29) is 6.61 Å². The first kappa shape index (κ1) is 14.7. The molecule has 0 aliphatic rings. The molecule has 0 saturated carbocycles. The van der Waals surface area contributed by atoms with Crippen LogP contribution in [-0.4, -0.2) is 12.6 Å². The summed E-state index contributed by atoms with van der Waals surface area (Å²) in [5.41, 5.74) is -2.64. The lowest BCUT2D eigenvalue weighted by Crippen LogP contribution is -2.44. The first-order chi connectivity index (χ1) is 8.34. The second kappa shape index (κ2) is 5.51. The first-order valence-electron chi connectivity index (χ1n) is 6.25. The van der Waals surface area contributed by atoms with Crippen LogP contribution < -0.4 is 0 Å². The first-order valence-corrected chi connectivity index (χ1v) is 6.25. The molecule has 1 rings (SSSR count). The molecule has 0 bridgehead atoms. The third-order valence-electron chi connectivity index (χ3n) is 2.92. The largest absolute Gasteiger partial charge is 0.463 e. The molecule has 0 heterocycles. The smallest absolute Gasteiger partial charge is 0.349 e. The number of rotatable bonds is 4. The number of alkyl halides is 1. The number of carbonyl (C=O) groups excluding carboxylic acids is 1. The molecule has 0 amide bonds. The Hall–Kier alpha value is -1.38. The highest BCUT2D eigenvalue weighted by molar-refractivity contribution is 5.82. The molecule has 0 radical (unpaired) electrons. The summed E-state index contributed by atoms with van der Waals surface area (Å²) in [5.74, 6) is -0.803. The third-order valence-corrected chi connectivity index (χ3v) is 2.92. The van der Waals surface area contributed by atoms with Crippen molar-refractivity contribution in [2.45, 2.75) is 39.8 Å². The molecular weight excluding hydrogens is 231 g/mol. The Morgan fingerprint density at radius 2 is 1.78 bits per heavy atom. The van der Waals surface area contributed by atoms with Crippen molar-refractivity contribution >= 4 is 5.97 Å². The van der Waals surface area contributed by atoms with E-state index in [1.165, 1.54) is 0 Å². The zero-order chi connectivity index (χ0) is 13.8. The van der Waals surface area contributed by atoms with Crippen LogP contribution in [0, 0.1) is 5.41 Å². The maximum atomic E-state index is 15.3. The van der Waals surface area contributed by atoms with Crippen LogP contribution in [0.4, 0.5) is 4.39 Å². The summed E-state index contributed by atoms with van der Waals surface area (Å²) in [6.45, 7) is 7.23. The minimum Gasteiger partial charge on any atom is -0.463 e. The van der Waals surface area contributed by atoms with Gasteiger partial charge in [-0.2, -0.15) is 0 Å². The molecule has 1 aromatic rings. The molecule has 1 unspecified atom stereocenters. The fourth-order valence-electron chi connectivity index (χ4n) is 1.82. The zero-order valence-electron chi connectivity index (χ0n) is 11.5. The molecule has 1 atom stereocenters. The zero-order valence-corrected chi connectivity index (χ0v) is 11.5. The van der Waals surface area contributed by atoms with Crippen molar-refractivity contribution in [2.75, 3.05) is 6.61 Å². The SMILES string of the molecule is CCCOC(=O)C(F)(c1ccccc1)C(C)(C)C. The van der Waals surface area contributed by atoms with Gasteiger partial charge in [0.2, 0.25) is 5.67 Å². The lowest BCUT2D eigenvalue weighted by atomic mass is 9.73. The van der Waals surface area contributed by atoms with Crippen molar-refractivity contribution in [1.82, 2.24) is 0 Å². The van der Waals surface area contributed by atoms with Crippen LogP contribution in [0.1, 0.15) is 39.7 Å². The average Bonchev–Trinajstić information content (AvgIpc) is 2.34. The van der Waals surface area contributed by atoms with Crippen molar-refractivity contribution in [3.8, 4) is 0 Å². The van der Waals surface area contributed by atoms with Crippen molar-refractivity contribution in [1.29, 1.82) is 0 Å². The van der Waals surface area contributed by atoms with Gasteiger partial charge < -0.3 is 4.74 Å². The van der Waals surface area contributed by atoms with Crippen LogP contribution in [0.5, 0.6) is 0 Å². The quantitative estimate of drug-likeness (QED) is 0.761. The predicted molar refractivity (Wildman–Crippen MR) is 69.9 cm³/mol. The molecule has 2 nitrogen and oxygen atoms in total. The Labute approximate surface area is 108 Å². The molecule has 3 heteroatoms. The minimum atomic E-state index is -2.12. The van der Waals surface area contributed by atoms with Gasteiger partial charge in [0.1, 0.15) is 0 Å². The van der Waals surface area contributed by atoms with Crippen LogP contribution in [-0.2, 0) is 15.2 Å². The molecule has 0 aliphatic carbocycles. The lowest BCUT2D eigenvalue weighted by Gasteiger charge is -2.35. The van der Waals surface area contributed by atoms with Crippen LogP contribution in [0.15, 0.2) is 30.3 Å². The standard InChI is InChI=1S/C15H21FO2/c1-5-11-18-13(17)15(16,14(2,3)4)12-9-7-6-8-10-12/h6-10H,5,11H2,1-4H3. The highest BCUT2D eigenvalue weighted by atomic mass is 19.1. The molecule has 1 aromatic carbocycles. The Morgan fingerprint density at radius 1 is 1.22 bits per heavy atom. The van der Waals surface area contributed by atoms with Crippen LogP contribution in [0.2, 0.25) is 0 Å². The van der Waals surface area contributed by atoms with Gasteiger partial charge in [-0.15, -0.1) is 0 Å². The summed E-state index contributed by atoms with van der Waals surface area (Å²) < 4.78 is 20.3. The van der Waals surface area contributed by atoms with Gasteiger partial charge in [-0.1, -0.05) is 58.0 Å². The van der Waals surface area contributed by atoms with Gasteiger partial charge in [-0.3, -0.25) is 0 Å². The maximum Gasteiger partial charge on any atom is 0.349 e. The van der Waals surface area contributed by atoms with E-state index >= 15 is 4.39 Å². The topological polar surface area (TPSA) is 26.3 Å². The Kier molecular flexibility index (Phi) is 4.49. The van der Waals surface area contributed by atoms with Crippen molar-refractivity contribution in [2.24, 2.45) is 5.41 Å². The van der Waals surface area contributed by atoms with Crippen molar-refractivity contribution in [3.63, 3.8) is 0 Å². The number of carbonyl (C=O) groups is 1. The Morgan fingerprint density at radius 3 is 2.22 bits per heavy atom. The van der Waals surface area contributed by atoms with Gasteiger partial charge in [-0.25, -0.2) is 9.18 Å². The van der Waals surface area contributed by atoms with Crippen LogP contribution in [0.25, 0.3) is 0 Å². The number of hydrogen-bond donors (Lipinski definition) is 0. The predicted octanol–water partition coefficient (Wildman–Crippen LogP) is 3.85. The van der Waals surface area contributed by atoms with Crippen LogP contribution in [0.3, 0.4) is 0 Å². The van der Waals surface area contributed by atoms with E-state index in [0.29, 0.717) is 12.0 Å². The molecule has 0 saturated heterocycles. The van der Waals surface area contributed by atoms with E-state index in [4.69, 9.17) is 4.74 Å². The summed E-state index contributed by atoms with van der Waals surface area (Å²) in [6.07, 6.45) is 0.681. The van der Waals surface area contributed by atoms with Crippen LogP contribution >= 0.6 is 0 Å². The van der Waals surface area contributed by atoms with Gasteiger partial charge in [-0.05, 0) is 6.42 Å². The fourth-order valence-corrected chi connectivity index (χ4v) is 1.82. The molecular formula is C15H21FO2. The highest BCUT2D eigenvalue weighted by Crippen LogP contribution is 2.44. The van der Waals surface area contributed by atoms with Gasteiger partial charge in [0, 0.05) is 11.0 Å². The van der Waals surface area contributed by atoms with E-state index in [1.807, 2.05) is 6.92 Å². The summed E-state index contributed by atoms with van der Waals surface area (Å²) in [6, 6.07) is 8.49. The fraction of sp³-hybridized carbons (Fsp3) is 0.533. The van der Waals surface area contributed by atoms with Gasteiger partial charge in [0.25, 0.3) is 0 Å². The second-order valence-corrected chi connectivity index (χ2v) is 5.41. The molecule has 0 spiro atoms. The summed E-state index contributed by atoms with van der Waals surface area (Å²) in [4.78, 5) is 12.1. The van der Waals surface area contributed by atoms with Gasteiger partial charge in [0.15, 0.2) is 0 Å². The monoisotopic (exact) mass is 252 g/mol. The lowest BCUT2D eigenvalue weighted by molar-refractivity contribution is -0.167. The molecule has 0 aromatic heterocycles. The molecule has 18 heavy (non-hydrogen) atoms. The van der Waals surface area contributed by atoms with Crippen molar-refractivity contribution < 1.29 is 13.9 Å². The molecule has 0 aliphatic heterocycles. The van der Waals surface area contributed by atoms with E-state index < -0.39 is 17.1 Å². The molecule has 0 N–H and O–H groups in total. The normalized spacial score (nSPS) is 14.9. The summed E-state index contributed by atoms with van der Waals surface area (Å²) in [5, 5.41) is 0. The summed E-state index contributed by atoms with van der Waals surface area (Å²) >= 11 is 0. The van der Waals surface area contributed by atoms with E-state index in [9.17, 15) is 4.79 Å². The van der Waals surface area contributed by atoms with E-state index in [2.05, 4.69) is 0 Å². The number of esters is 1. The van der Waals surface area contributed by atoms with Gasteiger partial charge in [0.05, 0.1) is 6.61 Å². The number of ether oxygens (including phenoxy) is 1. The Bertz CT molecular complexity index is 395. The number of benzene rings is 1. The van der Waals surface area contributed by atoms with Crippen molar-refractivity contribution in [3.05, 3.63) is 35.9 Å². The number of hydrogen-bond acceptors (Lipinski definition) is 2. The number of halogens is 1. The molecule has 0 fully saturated rings. The maximum absolute atomic E-state index is 15.3. The highest BCUT2D eigenvalue weighted by Gasteiger charge is 2.52. The van der Waals surface area contributed by atoms with E-state index in [1.54, 1.807) is 51.1 Å². The summed E-state index contributed by atoms with van der Waals surface area (Å²) in [7, 11) is 0. The molecule has 100 valence electrons. The van der Waals surface area contributed by atoms with E-state index in [0.717, 1.165) is 0 Å².